The van der Waals surface area contributed by atoms with Crippen LogP contribution in [-0.2, 0) is 16.0 Å². The van der Waals surface area contributed by atoms with Gasteiger partial charge in [0, 0.05) is 23.5 Å². The summed E-state index contributed by atoms with van der Waals surface area (Å²) < 4.78 is 6.17. The molecule has 0 radical (unpaired) electrons. The zero-order valence-electron chi connectivity index (χ0n) is 18.2. The van der Waals surface area contributed by atoms with Crippen LogP contribution in [-0.4, -0.2) is 45.5 Å². The molecule has 0 unspecified atom stereocenters. The number of ether oxygens (including phenoxy) is 1. The molecule has 2 heterocycles. The molecule has 3 N–H and O–H groups in total. The van der Waals surface area contributed by atoms with E-state index >= 15 is 0 Å². The predicted octanol–water partition coefficient (Wildman–Crippen LogP) is 2.73. The molecule has 34 heavy (non-hydrogen) atoms. The molecular weight excluding hydrogens is 474 g/mol. The Morgan fingerprint density at radius 3 is 2.79 bits per heavy atom. The Kier molecular flexibility index (Phi) is 7.65. The topological polar surface area (TPSA) is 132 Å². The van der Waals surface area contributed by atoms with Crippen LogP contribution in [0.5, 0.6) is 5.75 Å². The number of para-hydroxylation sites is 3. The number of nitrogens with one attached hydrogen (secondary N) is 3. The molecule has 0 spiro atoms. The number of benzene rings is 2. The van der Waals surface area contributed by atoms with E-state index in [0.717, 1.165) is 22.2 Å². The lowest BCUT2D eigenvalue weighted by molar-refractivity contribution is -0.308. The van der Waals surface area contributed by atoms with Crippen LogP contribution in [0.25, 0.3) is 10.9 Å². The number of H-pyrrole nitrogens is 1. The second-order valence-corrected chi connectivity index (χ2v) is 9.42. The number of anilines is 2. The highest BCUT2D eigenvalue weighted by Crippen LogP contribution is 2.31. The summed E-state index contributed by atoms with van der Waals surface area (Å²) in [5.41, 5.74) is 2.47. The standard InChI is InChI=1S/C23H23N5O4S2/c1-2-32-19-10-6-5-9-17(19)26-22-27-28-23(34-22)33-13-20(29)25-18(21(30)31)11-14-12-24-16-8-4-3-7-15(14)16/h3-10,12,18,24H,2,11,13H2,1H3,(H,25,29)(H,26,27)(H,30,31)/p-1/t18-/m0/s1. The molecule has 4 rings (SSSR count). The van der Waals surface area contributed by atoms with E-state index in [-0.39, 0.29) is 12.2 Å². The van der Waals surface area contributed by atoms with E-state index in [1.54, 1.807) is 6.20 Å². The van der Waals surface area contributed by atoms with Crippen molar-refractivity contribution in [2.45, 2.75) is 23.7 Å². The molecule has 0 saturated heterocycles. The van der Waals surface area contributed by atoms with Gasteiger partial charge in [-0.2, -0.15) is 0 Å². The van der Waals surface area contributed by atoms with Gasteiger partial charge < -0.3 is 30.3 Å². The molecular formula is C23H22N5O4S2-. The minimum atomic E-state index is -1.33. The lowest BCUT2D eigenvalue weighted by atomic mass is 10.1. The van der Waals surface area contributed by atoms with E-state index in [1.165, 1.54) is 23.1 Å². The Morgan fingerprint density at radius 1 is 1.18 bits per heavy atom. The van der Waals surface area contributed by atoms with Gasteiger partial charge in [-0.15, -0.1) is 10.2 Å². The van der Waals surface area contributed by atoms with Crippen LogP contribution < -0.4 is 20.5 Å². The first-order valence-corrected chi connectivity index (χ1v) is 12.3. The molecule has 2 aromatic heterocycles. The van der Waals surface area contributed by atoms with Gasteiger partial charge in [0.05, 0.1) is 30.1 Å². The van der Waals surface area contributed by atoms with E-state index in [0.29, 0.717) is 21.8 Å². The summed E-state index contributed by atoms with van der Waals surface area (Å²) in [5.74, 6) is -1.05. The quantitative estimate of drug-likeness (QED) is 0.270. The number of amides is 1. The molecule has 4 aromatic rings. The maximum Gasteiger partial charge on any atom is 0.230 e. The molecule has 0 aliphatic carbocycles. The van der Waals surface area contributed by atoms with E-state index < -0.39 is 17.9 Å². The predicted molar refractivity (Wildman–Crippen MR) is 130 cm³/mol. The summed E-state index contributed by atoms with van der Waals surface area (Å²) in [6, 6.07) is 13.9. The van der Waals surface area contributed by atoms with Crippen molar-refractivity contribution in [3.63, 3.8) is 0 Å². The Hall–Kier alpha value is -3.57. The number of carboxylic acid groups (broad SMARTS) is 1. The number of hydrogen-bond acceptors (Lipinski definition) is 9. The number of carbonyl (C=O) groups excluding carboxylic acids is 2. The minimum absolute atomic E-state index is 0.00182. The first kappa shape index (κ1) is 23.6. The highest BCUT2D eigenvalue weighted by Gasteiger charge is 2.17. The molecule has 2 aromatic carbocycles. The number of hydrogen-bond donors (Lipinski definition) is 3. The molecule has 0 fully saturated rings. The summed E-state index contributed by atoms with van der Waals surface area (Å²) >= 11 is 2.47. The van der Waals surface area contributed by atoms with Gasteiger partial charge in [-0.25, -0.2) is 0 Å². The van der Waals surface area contributed by atoms with E-state index in [2.05, 4.69) is 25.8 Å². The van der Waals surface area contributed by atoms with Gasteiger partial charge in [-0.1, -0.05) is 53.4 Å². The maximum absolute atomic E-state index is 12.4. The molecule has 0 aliphatic heterocycles. The Labute approximate surface area is 203 Å². The molecule has 1 atom stereocenters. The van der Waals surface area contributed by atoms with Gasteiger partial charge in [0.25, 0.3) is 0 Å². The van der Waals surface area contributed by atoms with Crippen LogP contribution in [0.3, 0.4) is 0 Å². The number of thioether (sulfide) groups is 1. The second kappa shape index (κ2) is 11.0. The normalized spacial score (nSPS) is 11.8. The van der Waals surface area contributed by atoms with Crippen molar-refractivity contribution in [3.05, 3.63) is 60.3 Å². The third-order valence-corrected chi connectivity index (χ3v) is 6.85. The summed E-state index contributed by atoms with van der Waals surface area (Å²) in [7, 11) is 0. The SMILES string of the molecule is CCOc1ccccc1Nc1nnc(SCC(=O)N[C@@H](Cc2c[nH]c3ccccc23)C(=O)[O-])s1. The zero-order valence-corrected chi connectivity index (χ0v) is 19.9. The number of carboxylic acids is 1. The molecule has 176 valence electrons. The van der Waals surface area contributed by atoms with Gasteiger partial charge in [-0.3, -0.25) is 4.79 Å². The van der Waals surface area contributed by atoms with Crippen LogP contribution in [0, 0.1) is 0 Å². The Morgan fingerprint density at radius 2 is 1.97 bits per heavy atom. The van der Waals surface area contributed by atoms with Crippen molar-refractivity contribution in [2.24, 2.45) is 0 Å². The number of carbonyl (C=O) groups is 2. The van der Waals surface area contributed by atoms with Gasteiger partial charge in [0.2, 0.25) is 11.0 Å². The van der Waals surface area contributed by atoms with Crippen LogP contribution in [0.1, 0.15) is 12.5 Å². The van der Waals surface area contributed by atoms with Crippen molar-refractivity contribution in [1.29, 1.82) is 0 Å². The molecule has 11 heteroatoms. The molecule has 1 amide bonds. The summed E-state index contributed by atoms with van der Waals surface area (Å²) in [4.78, 5) is 27.2. The lowest BCUT2D eigenvalue weighted by Gasteiger charge is -2.19. The van der Waals surface area contributed by atoms with E-state index in [1.807, 2.05) is 55.5 Å². The van der Waals surface area contributed by atoms with Crippen molar-refractivity contribution in [2.75, 3.05) is 17.7 Å². The van der Waals surface area contributed by atoms with Crippen LogP contribution in [0.2, 0.25) is 0 Å². The van der Waals surface area contributed by atoms with Gasteiger partial charge in [0.1, 0.15) is 5.75 Å². The van der Waals surface area contributed by atoms with Crippen molar-refractivity contribution in [3.8, 4) is 5.75 Å². The fourth-order valence-electron chi connectivity index (χ4n) is 3.36. The van der Waals surface area contributed by atoms with Crippen LogP contribution in [0.4, 0.5) is 10.8 Å². The molecule has 9 nitrogen and oxygen atoms in total. The minimum Gasteiger partial charge on any atom is -0.548 e. The van der Waals surface area contributed by atoms with E-state index in [4.69, 9.17) is 4.74 Å². The maximum atomic E-state index is 12.4. The van der Waals surface area contributed by atoms with Crippen molar-refractivity contribution in [1.82, 2.24) is 20.5 Å². The van der Waals surface area contributed by atoms with Crippen molar-refractivity contribution >= 4 is 56.7 Å². The van der Waals surface area contributed by atoms with Crippen LogP contribution >= 0.6 is 23.1 Å². The monoisotopic (exact) mass is 496 g/mol. The average Bonchev–Trinajstić information content (AvgIpc) is 3.45. The molecule has 0 saturated carbocycles. The number of aromatic nitrogens is 3. The lowest BCUT2D eigenvalue weighted by Crippen LogP contribution is -2.49. The highest BCUT2D eigenvalue weighted by molar-refractivity contribution is 8.01. The van der Waals surface area contributed by atoms with Gasteiger partial charge >= 0.3 is 0 Å². The molecule has 0 aliphatic rings. The summed E-state index contributed by atoms with van der Waals surface area (Å²) in [6.45, 7) is 2.45. The first-order valence-electron chi connectivity index (χ1n) is 10.5. The number of aliphatic carboxylic acids is 1. The first-order chi connectivity index (χ1) is 16.5. The number of rotatable bonds is 11. The van der Waals surface area contributed by atoms with E-state index in [9.17, 15) is 14.7 Å². The fourth-order valence-corrected chi connectivity index (χ4v) is 4.94. The highest BCUT2D eigenvalue weighted by atomic mass is 32.2. The fraction of sp³-hybridized carbons (Fsp3) is 0.217. The smallest absolute Gasteiger partial charge is 0.230 e. The summed E-state index contributed by atoms with van der Waals surface area (Å²) in [5, 5.41) is 27.0. The Balaban J connectivity index is 1.32. The number of nitrogens with zero attached hydrogens (tertiary/aromatic N) is 2. The third kappa shape index (κ3) is 5.86. The van der Waals surface area contributed by atoms with Crippen molar-refractivity contribution < 1.29 is 19.4 Å². The average molecular weight is 497 g/mol. The summed E-state index contributed by atoms with van der Waals surface area (Å²) in [6.07, 6.45) is 1.87. The number of fused-ring (bicyclic) bond motifs is 1. The van der Waals surface area contributed by atoms with Gasteiger partial charge in [0.15, 0.2) is 4.34 Å². The molecule has 0 bridgehead atoms. The second-order valence-electron chi connectivity index (χ2n) is 7.22. The third-order valence-electron chi connectivity index (χ3n) is 4.88. The number of aromatic amines is 1. The van der Waals surface area contributed by atoms with Gasteiger partial charge in [-0.05, 0) is 30.7 Å². The largest absolute Gasteiger partial charge is 0.548 e. The Bertz CT molecular complexity index is 1290. The zero-order chi connectivity index (χ0) is 23.9. The van der Waals surface area contributed by atoms with Crippen LogP contribution in [0.15, 0.2) is 59.1 Å².